The first-order valence-electron chi connectivity index (χ1n) is 8.23. The molecule has 1 aromatic carbocycles. The lowest BCUT2D eigenvalue weighted by Crippen LogP contribution is -2.33. The number of unbranched alkanes of at least 4 members (excludes halogenated alkanes) is 1. The van der Waals surface area contributed by atoms with Gasteiger partial charge in [0.2, 0.25) is 0 Å². The second-order valence-corrected chi connectivity index (χ2v) is 5.68. The van der Waals surface area contributed by atoms with Crippen molar-refractivity contribution in [1.82, 2.24) is 10.2 Å². The van der Waals surface area contributed by atoms with Gasteiger partial charge in [-0.3, -0.25) is 4.90 Å². The minimum Gasteiger partial charge on any atom is -0.313 e. The Morgan fingerprint density at radius 1 is 1.15 bits per heavy atom. The van der Waals surface area contributed by atoms with Gasteiger partial charge >= 0.3 is 0 Å². The zero-order valence-electron chi connectivity index (χ0n) is 13.8. The average Bonchev–Trinajstić information content (AvgIpc) is 2.49. The van der Waals surface area contributed by atoms with Gasteiger partial charge in [0, 0.05) is 19.1 Å². The standard InChI is InChI=1S/C18H32N2/c1-5-8-12-20(16(4)6-2)15-18-11-9-10-17(13-18)14-19-7-3/h9-11,13,16,19H,5-8,12,14-15H2,1-4H3. The van der Waals surface area contributed by atoms with Crippen LogP contribution in [0, 0.1) is 0 Å². The van der Waals surface area contributed by atoms with Gasteiger partial charge in [-0.05, 0) is 44.0 Å². The molecule has 0 saturated heterocycles. The molecule has 114 valence electrons. The molecule has 0 bridgehead atoms. The van der Waals surface area contributed by atoms with Gasteiger partial charge in [-0.25, -0.2) is 0 Å². The molecule has 0 heterocycles. The van der Waals surface area contributed by atoms with Gasteiger partial charge in [-0.1, -0.05) is 51.5 Å². The number of nitrogens with one attached hydrogen (secondary N) is 1. The maximum absolute atomic E-state index is 3.40. The van der Waals surface area contributed by atoms with Gasteiger partial charge in [0.1, 0.15) is 0 Å². The molecule has 1 N–H and O–H groups in total. The topological polar surface area (TPSA) is 15.3 Å². The SMILES string of the molecule is CCCCN(Cc1cccc(CNCC)c1)C(C)CC. The molecule has 2 nitrogen and oxygen atoms in total. The summed E-state index contributed by atoms with van der Waals surface area (Å²) in [5, 5.41) is 3.40. The zero-order chi connectivity index (χ0) is 14.8. The van der Waals surface area contributed by atoms with Crippen LogP contribution in [0.25, 0.3) is 0 Å². The number of hydrogen-bond donors (Lipinski definition) is 1. The van der Waals surface area contributed by atoms with Gasteiger partial charge in [0.25, 0.3) is 0 Å². The fraction of sp³-hybridized carbons (Fsp3) is 0.667. The number of benzene rings is 1. The molecule has 0 amide bonds. The van der Waals surface area contributed by atoms with E-state index in [0.717, 1.165) is 19.6 Å². The van der Waals surface area contributed by atoms with Crippen LogP contribution in [-0.2, 0) is 13.1 Å². The van der Waals surface area contributed by atoms with Crippen molar-refractivity contribution in [2.75, 3.05) is 13.1 Å². The highest BCUT2D eigenvalue weighted by molar-refractivity contribution is 5.23. The van der Waals surface area contributed by atoms with E-state index in [1.54, 1.807) is 0 Å². The largest absolute Gasteiger partial charge is 0.313 e. The molecule has 0 aliphatic heterocycles. The summed E-state index contributed by atoms with van der Waals surface area (Å²) in [6.07, 6.45) is 3.79. The van der Waals surface area contributed by atoms with Crippen molar-refractivity contribution in [3.05, 3.63) is 35.4 Å². The van der Waals surface area contributed by atoms with Gasteiger partial charge in [0.05, 0.1) is 0 Å². The number of rotatable bonds is 10. The van der Waals surface area contributed by atoms with E-state index in [1.807, 2.05) is 0 Å². The van der Waals surface area contributed by atoms with Gasteiger partial charge < -0.3 is 5.32 Å². The van der Waals surface area contributed by atoms with Crippen LogP contribution in [0.15, 0.2) is 24.3 Å². The van der Waals surface area contributed by atoms with Crippen molar-refractivity contribution in [2.45, 2.75) is 66.1 Å². The third-order valence-corrected chi connectivity index (χ3v) is 3.97. The zero-order valence-corrected chi connectivity index (χ0v) is 13.8. The molecular weight excluding hydrogens is 244 g/mol. The molecule has 1 unspecified atom stereocenters. The lowest BCUT2D eigenvalue weighted by molar-refractivity contribution is 0.192. The highest BCUT2D eigenvalue weighted by atomic mass is 15.1. The summed E-state index contributed by atoms with van der Waals surface area (Å²) in [5.41, 5.74) is 2.83. The predicted molar refractivity (Wildman–Crippen MR) is 88.9 cm³/mol. The molecule has 1 rings (SSSR count). The highest BCUT2D eigenvalue weighted by Crippen LogP contribution is 2.13. The Bertz CT molecular complexity index is 362. The fourth-order valence-corrected chi connectivity index (χ4v) is 2.42. The van der Waals surface area contributed by atoms with Crippen LogP contribution in [-0.4, -0.2) is 24.0 Å². The van der Waals surface area contributed by atoms with Crippen LogP contribution in [0.4, 0.5) is 0 Å². The molecule has 1 atom stereocenters. The van der Waals surface area contributed by atoms with E-state index < -0.39 is 0 Å². The Labute approximate surface area is 125 Å². The van der Waals surface area contributed by atoms with Crippen LogP contribution in [0.5, 0.6) is 0 Å². The van der Waals surface area contributed by atoms with E-state index in [-0.39, 0.29) is 0 Å². The van der Waals surface area contributed by atoms with E-state index in [0.29, 0.717) is 6.04 Å². The Morgan fingerprint density at radius 3 is 2.55 bits per heavy atom. The van der Waals surface area contributed by atoms with Crippen LogP contribution in [0.2, 0.25) is 0 Å². The van der Waals surface area contributed by atoms with Crippen molar-refractivity contribution >= 4 is 0 Å². The Kier molecular flexibility index (Phi) is 8.56. The van der Waals surface area contributed by atoms with Crippen molar-refractivity contribution in [3.8, 4) is 0 Å². The Morgan fingerprint density at radius 2 is 1.90 bits per heavy atom. The monoisotopic (exact) mass is 276 g/mol. The third kappa shape index (κ3) is 6.06. The molecule has 0 spiro atoms. The van der Waals surface area contributed by atoms with Crippen molar-refractivity contribution in [2.24, 2.45) is 0 Å². The summed E-state index contributed by atoms with van der Waals surface area (Å²) >= 11 is 0. The second kappa shape index (κ2) is 9.95. The van der Waals surface area contributed by atoms with Crippen molar-refractivity contribution < 1.29 is 0 Å². The molecule has 0 fully saturated rings. The van der Waals surface area contributed by atoms with Crippen molar-refractivity contribution in [3.63, 3.8) is 0 Å². The summed E-state index contributed by atoms with van der Waals surface area (Å²) in [6.45, 7) is 13.3. The molecule has 2 heteroatoms. The van der Waals surface area contributed by atoms with E-state index >= 15 is 0 Å². The molecule has 20 heavy (non-hydrogen) atoms. The quantitative estimate of drug-likeness (QED) is 0.689. The third-order valence-electron chi connectivity index (χ3n) is 3.97. The summed E-state index contributed by atoms with van der Waals surface area (Å²) in [4.78, 5) is 2.62. The summed E-state index contributed by atoms with van der Waals surface area (Å²) < 4.78 is 0. The molecule has 0 aliphatic carbocycles. The van der Waals surface area contributed by atoms with E-state index in [2.05, 4.69) is 62.2 Å². The van der Waals surface area contributed by atoms with Crippen LogP contribution in [0.3, 0.4) is 0 Å². The molecule has 0 saturated carbocycles. The van der Waals surface area contributed by atoms with Crippen molar-refractivity contribution in [1.29, 1.82) is 0 Å². The van der Waals surface area contributed by atoms with E-state index in [4.69, 9.17) is 0 Å². The molecule has 0 radical (unpaired) electrons. The molecule has 0 aliphatic rings. The van der Waals surface area contributed by atoms with Gasteiger partial charge in [0.15, 0.2) is 0 Å². The Balaban J connectivity index is 2.66. The number of nitrogens with zero attached hydrogens (tertiary/aromatic N) is 1. The minimum absolute atomic E-state index is 0.666. The first-order valence-corrected chi connectivity index (χ1v) is 8.23. The average molecular weight is 276 g/mol. The van der Waals surface area contributed by atoms with Gasteiger partial charge in [-0.2, -0.15) is 0 Å². The molecule has 0 aromatic heterocycles. The normalized spacial score (nSPS) is 12.8. The summed E-state index contributed by atoms with van der Waals surface area (Å²) in [6, 6.07) is 9.68. The lowest BCUT2D eigenvalue weighted by atomic mass is 10.1. The number of hydrogen-bond acceptors (Lipinski definition) is 2. The molecule has 1 aromatic rings. The van der Waals surface area contributed by atoms with Gasteiger partial charge in [-0.15, -0.1) is 0 Å². The smallest absolute Gasteiger partial charge is 0.0236 e. The fourth-order valence-electron chi connectivity index (χ4n) is 2.42. The highest BCUT2D eigenvalue weighted by Gasteiger charge is 2.12. The summed E-state index contributed by atoms with van der Waals surface area (Å²) in [5.74, 6) is 0. The van der Waals surface area contributed by atoms with Crippen LogP contribution in [0.1, 0.15) is 58.1 Å². The Hall–Kier alpha value is -0.860. The predicted octanol–water partition coefficient (Wildman–Crippen LogP) is 4.20. The molecular formula is C18H32N2. The van der Waals surface area contributed by atoms with Crippen LogP contribution >= 0.6 is 0 Å². The first kappa shape index (κ1) is 17.2. The minimum atomic E-state index is 0.666. The van der Waals surface area contributed by atoms with Crippen LogP contribution < -0.4 is 5.32 Å². The summed E-state index contributed by atoms with van der Waals surface area (Å²) in [7, 11) is 0. The van der Waals surface area contributed by atoms with E-state index in [9.17, 15) is 0 Å². The maximum Gasteiger partial charge on any atom is 0.0236 e. The first-order chi connectivity index (χ1) is 9.71. The van der Waals surface area contributed by atoms with E-state index in [1.165, 1.54) is 36.9 Å². The second-order valence-electron chi connectivity index (χ2n) is 5.68. The maximum atomic E-state index is 3.40. The lowest BCUT2D eigenvalue weighted by Gasteiger charge is -2.28.